The fraction of sp³-hybridized carbons (Fsp3) is 0.600. The van der Waals surface area contributed by atoms with Crippen LogP contribution in [-0.4, -0.2) is 21.1 Å². The van der Waals surface area contributed by atoms with Gasteiger partial charge >= 0.3 is 5.69 Å². The standard InChI is InChI=1S/C20H29N3O2/c1-3-13-22-17-10-6-7-11-18(17)23(20(22)25)14-12-19(24)21-16-9-5-4-8-15(16)2/h6-7,10-11,15-16H,3-5,8-9,12-14H2,1-2H3,(H,21,24). The van der Waals surface area contributed by atoms with Crippen molar-refractivity contribution in [3.63, 3.8) is 0 Å². The largest absolute Gasteiger partial charge is 0.353 e. The van der Waals surface area contributed by atoms with Crippen molar-refractivity contribution in [1.29, 1.82) is 0 Å². The van der Waals surface area contributed by atoms with Crippen LogP contribution < -0.4 is 11.0 Å². The van der Waals surface area contributed by atoms with Crippen molar-refractivity contribution in [1.82, 2.24) is 14.5 Å². The zero-order valence-corrected chi connectivity index (χ0v) is 15.3. The molecule has 5 nitrogen and oxygen atoms in total. The minimum atomic E-state index is -0.0121. The van der Waals surface area contributed by atoms with Gasteiger partial charge in [0.15, 0.2) is 0 Å². The van der Waals surface area contributed by atoms with Gasteiger partial charge in [-0.15, -0.1) is 0 Å². The van der Waals surface area contributed by atoms with Crippen LogP contribution in [0.5, 0.6) is 0 Å². The predicted molar refractivity (Wildman–Crippen MR) is 101 cm³/mol. The number of hydrogen-bond acceptors (Lipinski definition) is 2. The maximum Gasteiger partial charge on any atom is 0.329 e. The van der Waals surface area contributed by atoms with Crippen molar-refractivity contribution in [2.45, 2.75) is 71.5 Å². The lowest BCUT2D eigenvalue weighted by molar-refractivity contribution is -0.122. The Hall–Kier alpha value is -2.04. The topological polar surface area (TPSA) is 56.0 Å². The summed E-state index contributed by atoms with van der Waals surface area (Å²) in [6, 6.07) is 8.13. The van der Waals surface area contributed by atoms with Crippen molar-refractivity contribution in [2.24, 2.45) is 5.92 Å². The Bertz CT molecular complexity index is 790. The SMILES string of the molecule is CCCn1c(=O)n(CCC(=O)NC2CCCCC2C)c2ccccc21. The number of imidazole rings is 1. The maximum absolute atomic E-state index is 12.7. The number of para-hydroxylation sites is 2. The molecule has 2 atom stereocenters. The summed E-state index contributed by atoms with van der Waals surface area (Å²) >= 11 is 0. The lowest BCUT2D eigenvalue weighted by Gasteiger charge is -2.29. The van der Waals surface area contributed by atoms with Gasteiger partial charge in [0, 0.05) is 25.6 Å². The van der Waals surface area contributed by atoms with Crippen LogP contribution in [0.1, 0.15) is 52.4 Å². The molecule has 1 saturated carbocycles. The highest BCUT2D eigenvalue weighted by Gasteiger charge is 2.23. The Morgan fingerprint density at radius 1 is 1.12 bits per heavy atom. The Morgan fingerprint density at radius 2 is 1.76 bits per heavy atom. The summed E-state index contributed by atoms with van der Waals surface area (Å²) in [6.07, 6.45) is 5.98. The van der Waals surface area contributed by atoms with Crippen LogP contribution >= 0.6 is 0 Å². The molecule has 25 heavy (non-hydrogen) atoms. The Morgan fingerprint density at radius 3 is 2.40 bits per heavy atom. The summed E-state index contributed by atoms with van der Waals surface area (Å²) in [5.41, 5.74) is 1.86. The average molecular weight is 343 g/mol. The maximum atomic E-state index is 12.7. The highest BCUT2D eigenvalue weighted by atomic mass is 16.2. The van der Waals surface area contributed by atoms with Gasteiger partial charge in [0.05, 0.1) is 11.0 Å². The molecule has 1 heterocycles. The van der Waals surface area contributed by atoms with Crippen molar-refractivity contribution in [3.8, 4) is 0 Å². The molecule has 0 saturated heterocycles. The van der Waals surface area contributed by atoms with Crippen molar-refractivity contribution in [3.05, 3.63) is 34.7 Å². The van der Waals surface area contributed by atoms with E-state index in [-0.39, 0.29) is 11.6 Å². The van der Waals surface area contributed by atoms with Crippen LogP contribution in [0.15, 0.2) is 29.1 Å². The van der Waals surface area contributed by atoms with Crippen molar-refractivity contribution >= 4 is 16.9 Å². The van der Waals surface area contributed by atoms with Gasteiger partial charge in [-0.25, -0.2) is 4.79 Å². The van der Waals surface area contributed by atoms with E-state index in [9.17, 15) is 9.59 Å². The molecule has 5 heteroatoms. The lowest BCUT2D eigenvalue weighted by atomic mass is 9.86. The molecular weight excluding hydrogens is 314 g/mol. The number of carbonyl (C=O) groups excluding carboxylic acids is 1. The first-order valence-electron chi connectivity index (χ1n) is 9.59. The number of fused-ring (bicyclic) bond motifs is 1. The monoisotopic (exact) mass is 343 g/mol. The van der Waals surface area contributed by atoms with Gasteiger partial charge in [-0.3, -0.25) is 13.9 Å². The molecule has 1 aromatic carbocycles. The molecule has 1 aromatic heterocycles. The summed E-state index contributed by atoms with van der Waals surface area (Å²) in [4.78, 5) is 25.1. The molecule has 136 valence electrons. The van der Waals surface area contributed by atoms with Crippen LogP contribution in [0.3, 0.4) is 0 Å². The number of benzene rings is 1. The normalized spacial score (nSPS) is 20.7. The van der Waals surface area contributed by atoms with Crippen LogP contribution in [0, 0.1) is 5.92 Å². The third-order valence-corrected chi connectivity index (χ3v) is 5.39. The summed E-state index contributed by atoms with van der Waals surface area (Å²) in [6.45, 7) is 5.42. The van der Waals surface area contributed by atoms with Crippen LogP contribution in [0.4, 0.5) is 0 Å². The number of carbonyl (C=O) groups is 1. The number of hydrogen-bond donors (Lipinski definition) is 1. The smallest absolute Gasteiger partial charge is 0.329 e. The Balaban J connectivity index is 1.71. The van der Waals surface area contributed by atoms with Crippen LogP contribution in [0.25, 0.3) is 11.0 Å². The predicted octanol–water partition coefficient (Wildman–Crippen LogP) is 3.30. The molecule has 0 bridgehead atoms. The van der Waals surface area contributed by atoms with Gasteiger partial charge in [-0.1, -0.05) is 38.8 Å². The zero-order valence-electron chi connectivity index (χ0n) is 15.3. The number of aromatic nitrogens is 2. The quantitative estimate of drug-likeness (QED) is 0.875. The molecule has 1 fully saturated rings. The van der Waals surface area contributed by atoms with E-state index in [1.807, 2.05) is 28.8 Å². The summed E-state index contributed by atoms with van der Waals surface area (Å²) < 4.78 is 3.56. The first kappa shape index (κ1) is 17.8. The molecule has 0 spiro atoms. The second-order valence-corrected chi connectivity index (χ2v) is 7.26. The minimum absolute atomic E-state index is 0.0121. The molecule has 1 aliphatic rings. The number of amides is 1. The number of rotatable bonds is 6. The molecule has 0 aliphatic heterocycles. The highest BCUT2D eigenvalue weighted by Crippen LogP contribution is 2.23. The second-order valence-electron chi connectivity index (χ2n) is 7.26. The molecule has 2 aromatic rings. The molecule has 1 amide bonds. The van der Waals surface area contributed by atoms with E-state index in [1.165, 1.54) is 19.3 Å². The zero-order chi connectivity index (χ0) is 17.8. The van der Waals surface area contributed by atoms with Gasteiger partial charge in [-0.2, -0.15) is 0 Å². The third kappa shape index (κ3) is 3.80. The summed E-state index contributed by atoms with van der Waals surface area (Å²) in [5, 5.41) is 3.18. The molecule has 1 N–H and O–H groups in total. The second kappa shape index (κ2) is 7.89. The molecular formula is C20H29N3O2. The first-order valence-corrected chi connectivity index (χ1v) is 9.59. The van der Waals surface area contributed by atoms with Crippen molar-refractivity contribution in [2.75, 3.05) is 0 Å². The van der Waals surface area contributed by atoms with E-state index in [4.69, 9.17) is 0 Å². The van der Waals surface area contributed by atoms with E-state index in [1.54, 1.807) is 4.57 Å². The Kier molecular flexibility index (Phi) is 5.61. The molecule has 0 radical (unpaired) electrons. The van der Waals surface area contributed by atoms with Gasteiger partial charge in [-0.05, 0) is 37.3 Å². The third-order valence-electron chi connectivity index (χ3n) is 5.39. The first-order chi connectivity index (χ1) is 12.1. The van der Waals surface area contributed by atoms with E-state index in [0.717, 1.165) is 23.9 Å². The average Bonchev–Trinajstić information content (AvgIpc) is 2.88. The lowest BCUT2D eigenvalue weighted by Crippen LogP contribution is -2.41. The minimum Gasteiger partial charge on any atom is -0.353 e. The molecule has 2 unspecified atom stereocenters. The highest BCUT2D eigenvalue weighted by molar-refractivity contribution is 5.78. The fourth-order valence-electron chi connectivity index (χ4n) is 3.95. The Labute approximate surface area is 149 Å². The fourth-order valence-corrected chi connectivity index (χ4v) is 3.95. The number of nitrogens with zero attached hydrogens (tertiary/aromatic N) is 2. The van der Waals surface area contributed by atoms with E-state index in [0.29, 0.717) is 31.5 Å². The summed E-state index contributed by atoms with van der Waals surface area (Å²) in [5.74, 6) is 0.602. The molecule has 3 rings (SSSR count). The van der Waals surface area contributed by atoms with Crippen molar-refractivity contribution < 1.29 is 4.79 Å². The number of nitrogens with one attached hydrogen (secondary N) is 1. The van der Waals surface area contributed by atoms with Gasteiger partial charge in [0.2, 0.25) is 5.91 Å². The summed E-state index contributed by atoms with van der Waals surface area (Å²) in [7, 11) is 0. The van der Waals surface area contributed by atoms with Crippen LogP contribution in [0.2, 0.25) is 0 Å². The molecule has 1 aliphatic carbocycles. The van der Waals surface area contributed by atoms with E-state index in [2.05, 4.69) is 19.2 Å². The van der Waals surface area contributed by atoms with Gasteiger partial charge in [0.1, 0.15) is 0 Å². The van der Waals surface area contributed by atoms with E-state index >= 15 is 0 Å². The van der Waals surface area contributed by atoms with Crippen LogP contribution in [-0.2, 0) is 17.9 Å². The van der Waals surface area contributed by atoms with Gasteiger partial charge in [0.25, 0.3) is 0 Å². The number of aryl methyl sites for hydroxylation is 2. The van der Waals surface area contributed by atoms with Gasteiger partial charge < -0.3 is 5.32 Å². The van der Waals surface area contributed by atoms with E-state index < -0.39 is 0 Å².